The summed E-state index contributed by atoms with van der Waals surface area (Å²) in [6.45, 7) is 3.49. The Morgan fingerprint density at radius 3 is 2.76 bits per heavy atom. The Morgan fingerprint density at radius 2 is 2.12 bits per heavy atom. The van der Waals surface area contributed by atoms with E-state index in [1.165, 1.54) is 0 Å². The molecule has 0 unspecified atom stereocenters. The van der Waals surface area contributed by atoms with Crippen molar-refractivity contribution in [3.8, 4) is 0 Å². The Labute approximate surface area is 96.4 Å². The van der Waals surface area contributed by atoms with Crippen molar-refractivity contribution >= 4 is 16.9 Å². The van der Waals surface area contributed by atoms with Crippen LogP contribution in [0.25, 0.3) is 10.9 Å². The third-order valence-electron chi connectivity index (χ3n) is 2.54. The smallest absolute Gasteiger partial charge is 0.355 e. The van der Waals surface area contributed by atoms with Crippen LogP contribution in [0.5, 0.6) is 0 Å². The van der Waals surface area contributed by atoms with Crippen molar-refractivity contribution in [3.63, 3.8) is 0 Å². The molecule has 0 spiro atoms. The maximum absolute atomic E-state index is 13.6. The number of aryl methyl sites for hydroxylation is 1. The number of carbonyl (C=O) groups excluding carboxylic acids is 1. The van der Waals surface area contributed by atoms with Crippen molar-refractivity contribution in [2.24, 2.45) is 0 Å². The molecule has 0 saturated carbocycles. The summed E-state index contributed by atoms with van der Waals surface area (Å²) in [5.74, 6) is -1.95. The largest absolute Gasteiger partial charge is 0.461 e. The molecule has 2 rings (SSSR count). The lowest BCUT2D eigenvalue weighted by Gasteiger charge is -1.99. The van der Waals surface area contributed by atoms with E-state index in [0.717, 1.165) is 12.1 Å². The summed E-state index contributed by atoms with van der Waals surface area (Å²) in [5.41, 5.74) is 0.838. The Bertz CT molecular complexity index is 590. The standard InChI is InChI=1S/C12H11F2NO2/c1-3-17-12(16)11-6(2)10-8(14)4-7(13)5-9(10)15-11/h4-5,15H,3H2,1-2H3. The maximum atomic E-state index is 13.6. The van der Waals surface area contributed by atoms with Crippen LogP contribution in [-0.2, 0) is 4.74 Å². The molecular formula is C12H11F2NO2. The molecule has 0 bridgehead atoms. The van der Waals surface area contributed by atoms with Crippen LogP contribution in [0, 0.1) is 18.6 Å². The van der Waals surface area contributed by atoms with E-state index in [4.69, 9.17) is 4.74 Å². The van der Waals surface area contributed by atoms with E-state index in [9.17, 15) is 13.6 Å². The first kappa shape index (κ1) is 11.6. The highest BCUT2D eigenvalue weighted by molar-refractivity contribution is 5.98. The fraction of sp³-hybridized carbons (Fsp3) is 0.250. The number of nitrogens with one attached hydrogen (secondary N) is 1. The molecule has 5 heteroatoms. The molecular weight excluding hydrogens is 228 g/mol. The first-order valence-electron chi connectivity index (χ1n) is 5.19. The van der Waals surface area contributed by atoms with Gasteiger partial charge in [-0.1, -0.05) is 0 Å². The zero-order valence-corrected chi connectivity index (χ0v) is 9.43. The Morgan fingerprint density at radius 1 is 1.41 bits per heavy atom. The third kappa shape index (κ3) is 1.88. The van der Waals surface area contributed by atoms with Crippen LogP contribution in [0.4, 0.5) is 8.78 Å². The van der Waals surface area contributed by atoms with Gasteiger partial charge < -0.3 is 9.72 Å². The molecule has 0 fully saturated rings. The van der Waals surface area contributed by atoms with Gasteiger partial charge >= 0.3 is 5.97 Å². The second-order valence-electron chi connectivity index (χ2n) is 3.66. The van der Waals surface area contributed by atoms with Gasteiger partial charge in [0.1, 0.15) is 17.3 Å². The molecule has 0 saturated heterocycles. The summed E-state index contributed by atoms with van der Waals surface area (Å²) < 4.78 is 31.4. The molecule has 0 aliphatic heterocycles. The normalized spacial score (nSPS) is 10.8. The minimum absolute atomic E-state index is 0.159. The van der Waals surface area contributed by atoms with Gasteiger partial charge in [0, 0.05) is 11.5 Å². The lowest BCUT2D eigenvalue weighted by molar-refractivity contribution is 0.0520. The Kier molecular flexibility index (Phi) is 2.83. The molecule has 1 aromatic heterocycles. The van der Waals surface area contributed by atoms with Gasteiger partial charge in [0.2, 0.25) is 0 Å². The number of hydrogen-bond acceptors (Lipinski definition) is 2. The zero-order chi connectivity index (χ0) is 12.6. The summed E-state index contributed by atoms with van der Waals surface area (Å²) >= 11 is 0. The number of fused-ring (bicyclic) bond motifs is 1. The average Bonchev–Trinajstić information content (AvgIpc) is 2.56. The maximum Gasteiger partial charge on any atom is 0.355 e. The predicted octanol–water partition coefficient (Wildman–Crippen LogP) is 2.93. The Balaban J connectivity index is 2.64. The van der Waals surface area contributed by atoms with Crippen LogP contribution in [0.1, 0.15) is 23.0 Å². The molecule has 90 valence electrons. The summed E-state index contributed by atoms with van der Waals surface area (Å²) in [6.07, 6.45) is 0. The minimum atomic E-state index is -0.690. The number of benzene rings is 1. The summed E-state index contributed by atoms with van der Waals surface area (Å²) in [5, 5.41) is 0.217. The number of H-pyrrole nitrogens is 1. The van der Waals surface area contributed by atoms with Crippen molar-refractivity contribution in [2.75, 3.05) is 6.61 Å². The zero-order valence-electron chi connectivity index (χ0n) is 9.43. The number of halogens is 2. The fourth-order valence-corrected chi connectivity index (χ4v) is 1.81. The number of aromatic amines is 1. The van der Waals surface area contributed by atoms with Gasteiger partial charge in [0.15, 0.2) is 0 Å². The molecule has 17 heavy (non-hydrogen) atoms. The van der Waals surface area contributed by atoms with Crippen LogP contribution >= 0.6 is 0 Å². The summed E-state index contributed by atoms with van der Waals surface area (Å²) in [7, 11) is 0. The van der Waals surface area contributed by atoms with Crippen LogP contribution in [-0.4, -0.2) is 17.6 Å². The highest BCUT2D eigenvalue weighted by Crippen LogP contribution is 2.26. The predicted molar refractivity (Wildman–Crippen MR) is 58.9 cm³/mol. The highest BCUT2D eigenvalue weighted by atomic mass is 19.1. The van der Waals surface area contributed by atoms with E-state index in [2.05, 4.69) is 4.98 Å². The van der Waals surface area contributed by atoms with E-state index in [1.807, 2.05) is 0 Å². The second-order valence-corrected chi connectivity index (χ2v) is 3.66. The molecule has 0 atom stereocenters. The second kappa shape index (κ2) is 4.16. The lowest BCUT2D eigenvalue weighted by Crippen LogP contribution is -2.06. The van der Waals surface area contributed by atoms with Gasteiger partial charge in [-0.3, -0.25) is 0 Å². The van der Waals surface area contributed by atoms with Gasteiger partial charge in [-0.15, -0.1) is 0 Å². The van der Waals surface area contributed by atoms with Crippen molar-refractivity contribution in [3.05, 3.63) is 35.0 Å². The van der Waals surface area contributed by atoms with Crippen molar-refractivity contribution in [1.29, 1.82) is 0 Å². The lowest BCUT2D eigenvalue weighted by atomic mass is 10.1. The fourth-order valence-electron chi connectivity index (χ4n) is 1.81. The molecule has 1 aromatic carbocycles. The number of carbonyl (C=O) groups is 1. The summed E-state index contributed by atoms with van der Waals surface area (Å²) in [6, 6.07) is 1.94. The number of rotatable bonds is 2. The van der Waals surface area contributed by atoms with E-state index in [-0.39, 0.29) is 23.2 Å². The summed E-state index contributed by atoms with van der Waals surface area (Å²) in [4.78, 5) is 14.2. The quantitative estimate of drug-likeness (QED) is 0.819. The van der Waals surface area contributed by atoms with Crippen molar-refractivity contribution in [1.82, 2.24) is 4.98 Å². The van der Waals surface area contributed by atoms with Crippen molar-refractivity contribution in [2.45, 2.75) is 13.8 Å². The molecule has 0 amide bonds. The van der Waals surface area contributed by atoms with Crippen LogP contribution in [0.3, 0.4) is 0 Å². The monoisotopic (exact) mass is 239 g/mol. The van der Waals surface area contributed by atoms with Gasteiger partial charge in [0.05, 0.1) is 12.1 Å². The molecule has 1 N–H and O–H groups in total. The van der Waals surface area contributed by atoms with Crippen LogP contribution in [0.2, 0.25) is 0 Å². The molecule has 2 aromatic rings. The van der Waals surface area contributed by atoms with Gasteiger partial charge in [0.25, 0.3) is 0 Å². The van der Waals surface area contributed by atoms with E-state index in [1.54, 1.807) is 13.8 Å². The first-order valence-corrected chi connectivity index (χ1v) is 5.19. The highest BCUT2D eigenvalue weighted by Gasteiger charge is 2.18. The van der Waals surface area contributed by atoms with Crippen molar-refractivity contribution < 1.29 is 18.3 Å². The number of hydrogen-bond donors (Lipinski definition) is 1. The van der Waals surface area contributed by atoms with E-state index in [0.29, 0.717) is 5.56 Å². The average molecular weight is 239 g/mol. The van der Waals surface area contributed by atoms with Crippen LogP contribution < -0.4 is 0 Å². The molecule has 1 heterocycles. The molecule has 0 radical (unpaired) electrons. The third-order valence-corrected chi connectivity index (χ3v) is 2.54. The Hall–Kier alpha value is -1.91. The minimum Gasteiger partial charge on any atom is -0.461 e. The number of esters is 1. The van der Waals surface area contributed by atoms with Crippen LogP contribution in [0.15, 0.2) is 12.1 Å². The van der Waals surface area contributed by atoms with Gasteiger partial charge in [-0.2, -0.15) is 0 Å². The molecule has 3 nitrogen and oxygen atoms in total. The van der Waals surface area contributed by atoms with Gasteiger partial charge in [-0.25, -0.2) is 13.6 Å². The number of ether oxygens (including phenoxy) is 1. The SMILES string of the molecule is CCOC(=O)c1[nH]c2cc(F)cc(F)c2c1C. The molecule has 0 aliphatic carbocycles. The first-order chi connectivity index (χ1) is 8.04. The van der Waals surface area contributed by atoms with E-state index < -0.39 is 17.6 Å². The van der Waals surface area contributed by atoms with Gasteiger partial charge in [-0.05, 0) is 25.5 Å². The van der Waals surface area contributed by atoms with E-state index >= 15 is 0 Å². The topological polar surface area (TPSA) is 42.1 Å². The number of aromatic nitrogens is 1. The molecule has 0 aliphatic rings.